The maximum absolute atomic E-state index is 12.8. The lowest BCUT2D eigenvalue weighted by molar-refractivity contribution is 0.0986. The van der Waals surface area contributed by atoms with Gasteiger partial charge in [0.05, 0.1) is 12.3 Å². The largest absolute Gasteiger partial charge is 0.493 e. The van der Waals surface area contributed by atoms with Gasteiger partial charge in [-0.1, -0.05) is 0 Å². The summed E-state index contributed by atoms with van der Waals surface area (Å²) in [7, 11) is 0. The van der Waals surface area contributed by atoms with Crippen molar-refractivity contribution in [2.45, 2.75) is 32.1 Å². The van der Waals surface area contributed by atoms with Gasteiger partial charge in [0.2, 0.25) is 0 Å². The van der Waals surface area contributed by atoms with Gasteiger partial charge in [0.25, 0.3) is 0 Å². The first-order valence-corrected chi connectivity index (χ1v) is 9.19. The maximum Gasteiger partial charge on any atom is 0.187 e. The van der Waals surface area contributed by atoms with Crippen molar-refractivity contribution in [3.63, 3.8) is 0 Å². The fourth-order valence-corrected chi connectivity index (χ4v) is 3.31. The van der Waals surface area contributed by atoms with E-state index >= 15 is 0 Å². The van der Waals surface area contributed by atoms with Crippen LogP contribution >= 0.6 is 0 Å². The molecule has 0 radical (unpaired) electrons. The van der Waals surface area contributed by atoms with Gasteiger partial charge in [-0.3, -0.25) is 4.79 Å². The number of ketones is 1. The fraction of sp³-hybridized carbons (Fsp3) is 0.300. The lowest BCUT2D eigenvalue weighted by Gasteiger charge is -2.10. The Labute approximate surface area is 155 Å². The fourth-order valence-electron chi connectivity index (χ4n) is 3.31. The molecule has 7 heteroatoms. The van der Waals surface area contributed by atoms with Gasteiger partial charge >= 0.3 is 0 Å². The summed E-state index contributed by atoms with van der Waals surface area (Å²) in [5.74, 6) is 1.22. The third-order valence-electron chi connectivity index (χ3n) is 4.82. The molecule has 1 aliphatic rings. The molecule has 136 valence electrons. The topological polar surface area (TPSA) is 73.8 Å². The molecule has 0 amide bonds. The number of fused-ring (bicyclic) bond motifs is 2. The summed E-state index contributed by atoms with van der Waals surface area (Å²) in [5, 5.41) is 4.33. The summed E-state index contributed by atoms with van der Waals surface area (Å²) >= 11 is 0. The van der Waals surface area contributed by atoms with E-state index in [0.29, 0.717) is 29.6 Å². The molecule has 1 saturated carbocycles. The van der Waals surface area contributed by atoms with Crippen LogP contribution in [-0.2, 0) is 6.42 Å². The van der Waals surface area contributed by atoms with E-state index in [-0.39, 0.29) is 12.2 Å². The molecule has 0 spiro atoms. The number of nitrogens with zero attached hydrogens (tertiary/aromatic N) is 5. The molecule has 1 aliphatic carbocycles. The molecule has 4 aromatic rings. The highest BCUT2D eigenvalue weighted by atomic mass is 16.5. The zero-order valence-electron chi connectivity index (χ0n) is 15.0. The predicted octanol–water partition coefficient (Wildman–Crippen LogP) is 3.08. The highest BCUT2D eigenvalue weighted by Crippen LogP contribution is 2.39. The van der Waals surface area contributed by atoms with Crippen molar-refractivity contribution in [1.82, 2.24) is 24.0 Å². The van der Waals surface area contributed by atoms with Crippen molar-refractivity contribution in [3.8, 4) is 5.75 Å². The average molecular weight is 361 g/mol. The van der Waals surface area contributed by atoms with Crippen LogP contribution in [0, 0.1) is 0 Å². The second kappa shape index (κ2) is 6.19. The Morgan fingerprint density at radius 3 is 2.93 bits per heavy atom. The molecule has 4 aromatic heterocycles. The van der Waals surface area contributed by atoms with Gasteiger partial charge in [0, 0.05) is 54.8 Å². The van der Waals surface area contributed by atoms with E-state index in [0.717, 1.165) is 16.9 Å². The van der Waals surface area contributed by atoms with Crippen LogP contribution in [0.3, 0.4) is 0 Å². The number of Topliss-reactive ketones (excluding diaryl/α,β-unsaturated/α-hetero) is 1. The van der Waals surface area contributed by atoms with Crippen LogP contribution in [0.25, 0.3) is 11.3 Å². The van der Waals surface area contributed by atoms with E-state index in [1.807, 2.05) is 23.6 Å². The number of hydrogen-bond acceptors (Lipinski definition) is 5. The molecule has 0 N–H and O–H groups in total. The molecular formula is C20H19N5O2. The molecule has 1 fully saturated rings. The molecular weight excluding hydrogens is 342 g/mol. The van der Waals surface area contributed by atoms with Crippen molar-refractivity contribution in [3.05, 3.63) is 59.9 Å². The van der Waals surface area contributed by atoms with Crippen LogP contribution in [0.1, 0.15) is 47.4 Å². The number of imidazole rings is 1. The average Bonchev–Trinajstić information content (AvgIpc) is 3.29. The van der Waals surface area contributed by atoms with Gasteiger partial charge in [0.15, 0.2) is 11.4 Å². The molecule has 0 bridgehead atoms. The molecule has 0 saturated heterocycles. The van der Waals surface area contributed by atoms with E-state index in [9.17, 15) is 4.79 Å². The molecule has 27 heavy (non-hydrogen) atoms. The van der Waals surface area contributed by atoms with Crippen LogP contribution in [0.5, 0.6) is 5.75 Å². The Morgan fingerprint density at radius 2 is 2.15 bits per heavy atom. The van der Waals surface area contributed by atoms with Crippen molar-refractivity contribution >= 4 is 17.1 Å². The SMILES string of the molecule is CCOc1cc2nc(C3CC3)cn2cc1CC(=O)c1cc2ncccn2n1. The van der Waals surface area contributed by atoms with Crippen molar-refractivity contribution in [2.24, 2.45) is 0 Å². The highest BCUT2D eigenvalue weighted by Gasteiger charge is 2.26. The zero-order chi connectivity index (χ0) is 18.4. The van der Waals surface area contributed by atoms with E-state index in [1.165, 1.54) is 12.8 Å². The Hall–Kier alpha value is -3.22. The van der Waals surface area contributed by atoms with Crippen LogP contribution in [0.4, 0.5) is 0 Å². The Bertz CT molecular complexity index is 1120. The first-order chi connectivity index (χ1) is 13.2. The highest BCUT2D eigenvalue weighted by molar-refractivity contribution is 5.97. The second-order valence-electron chi connectivity index (χ2n) is 6.85. The second-order valence-corrected chi connectivity index (χ2v) is 6.85. The van der Waals surface area contributed by atoms with Gasteiger partial charge in [-0.2, -0.15) is 5.10 Å². The molecule has 0 aliphatic heterocycles. The lowest BCUT2D eigenvalue weighted by atomic mass is 10.1. The third kappa shape index (κ3) is 2.95. The molecule has 7 nitrogen and oxygen atoms in total. The molecule has 5 rings (SSSR count). The van der Waals surface area contributed by atoms with E-state index < -0.39 is 0 Å². The normalized spacial score (nSPS) is 14.1. The van der Waals surface area contributed by atoms with Crippen LogP contribution in [-0.4, -0.2) is 36.4 Å². The van der Waals surface area contributed by atoms with Gasteiger partial charge < -0.3 is 9.14 Å². The van der Waals surface area contributed by atoms with Gasteiger partial charge in [0.1, 0.15) is 17.1 Å². The summed E-state index contributed by atoms with van der Waals surface area (Å²) < 4.78 is 9.38. The number of ether oxygens (including phenoxy) is 1. The number of hydrogen-bond donors (Lipinski definition) is 0. The van der Waals surface area contributed by atoms with Crippen molar-refractivity contribution < 1.29 is 9.53 Å². The van der Waals surface area contributed by atoms with Crippen molar-refractivity contribution in [2.75, 3.05) is 6.61 Å². The number of rotatable bonds is 6. The van der Waals surface area contributed by atoms with Gasteiger partial charge in [-0.15, -0.1) is 0 Å². The molecule has 0 aromatic carbocycles. The summed E-state index contributed by atoms with van der Waals surface area (Å²) in [6, 6.07) is 5.42. The third-order valence-corrected chi connectivity index (χ3v) is 4.82. The van der Waals surface area contributed by atoms with Crippen LogP contribution < -0.4 is 4.74 Å². The molecule has 0 atom stereocenters. The Morgan fingerprint density at radius 1 is 1.26 bits per heavy atom. The summed E-state index contributed by atoms with van der Waals surface area (Å²) in [4.78, 5) is 21.7. The minimum absolute atomic E-state index is 0.0664. The molecule has 4 heterocycles. The number of carbonyl (C=O) groups excluding carboxylic acids is 1. The van der Waals surface area contributed by atoms with E-state index in [4.69, 9.17) is 9.72 Å². The van der Waals surface area contributed by atoms with Crippen LogP contribution in [0.15, 0.2) is 43.0 Å². The Kier molecular flexibility index (Phi) is 3.67. The minimum Gasteiger partial charge on any atom is -0.493 e. The monoisotopic (exact) mass is 361 g/mol. The number of aromatic nitrogens is 5. The lowest BCUT2D eigenvalue weighted by Crippen LogP contribution is -2.08. The standard InChI is InChI=1S/C20H19N5O2/c1-2-27-18-10-20-22-16(13-4-5-13)12-24(20)11-14(18)8-17(26)15-9-19-21-6-3-7-25(19)23-15/h3,6-7,9-13H,2,4-5,8H2,1H3. The molecule has 0 unspecified atom stereocenters. The maximum atomic E-state index is 12.8. The summed E-state index contributed by atoms with van der Waals surface area (Å²) in [6.45, 7) is 2.47. The van der Waals surface area contributed by atoms with Crippen molar-refractivity contribution in [1.29, 1.82) is 0 Å². The van der Waals surface area contributed by atoms with E-state index in [2.05, 4.69) is 16.3 Å². The first-order valence-electron chi connectivity index (χ1n) is 9.19. The summed E-state index contributed by atoms with van der Waals surface area (Å²) in [6.07, 6.45) is 10.1. The first kappa shape index (κ1) is 16.0. The zero-order valence-corrected chi connectivity index (χ0v) is 15.0. The number of carbonyl (C=O) groups is 1. The van der Waals surface area contributed by atoms with Gasteiger partial charge in [-0.05, 0) is 25.8 Å². The van der Waals surface area contributed by atoms with E-state index in [1.54, 1.807) is 29.0 Å². The van der Waals surface area contributed by atoms with Gasteiger partial charge in [-0.25, -0.2) is 14.5 Å². The Balaban J connectivity index is 1.50. The number of pyridine rings is 1. The smallest absolute Gasteiger partial charge is 0.187 e. The minimum atomic E-state index is -0.0664. The summed E-state index contributed by atoms with van der Waals surface area (Å²) in [5.41, 5.74) is 3.87. The van der Waals surface area contributed by atoms with Crippen LogP contribution in [0.2, 0.25) is 0 Å². The quantitative estimate of drug-likeness (QED) is 0.494. The predicted molar refractivity (Wildman–Crippen MR) is 99.4 cm³/mol.